The minimum Gasteiger partial charge on any atom is -0.300 e. The number of imidazole rings is 2. The van der Waals surface area contributed by atoms with Crippen LogP contribution in [0.3, 0.4) is 0 Å². The Labute approximate surface area is 187 Å². The highest BCUT2D eigenvalue weighted by Gasteiger charge is 2.40. The summed E-state index contributed by atoms with van der Waals surface area (Å²) < 4.78 is 4.44. The van der Waals surface area contributed by atoms with E-state index in [1.165, 1.54) is 21.9 Å². The first kappa shape index (κ1) is 16.2. The van der Waals surface area contributed by atoms with Gasteiger partial charge in [0.2, 0.25) is 0 Å². The van der Waals surface area contributed by atoms with Crippen LogP contribution in [0.2, 0.25) is 0 Å². The molecule has 6 nitrogen and oxygen atoms in total. The van der Waals surface area contributed by atoms with Crippen molar-refractivity contribution >= 4 is 67.2 Å². The summed E-state index contributed by atoms with van der Waals surface area (Å²) in [6, 6.07) is 23.1. The molecule has 2 aliphatic rings. The van der Waals surface area contributed by atoms with E-state index in [0.29, 0.717) is 0 Å². The van der Waals surface area contributed by atoms with Crippen LogP contribution in [-0.4, -0.2) is 35.8 Å². The average Bonchev–Trinajstić information content (AvgIpc) is 3.48. The fourth-order valence-electron chi connectivity index (χ4n) is 5.96. The van der Waals surface area contributed by atoms with Crippen LogP contribution in [0.1, 0.15) is 0 Å². The lowest BCUT2D eigenvalue weighted by atomic mass is 9.34. The second-order valence-corrected chi connectivity index (χ2v) is 8.83. The second kappa shape index (κ2) is 5.27. The molecule has 0 saturated carbocycles. The zero-order valence-corrected chi connectivity index (χ0v) is 17.3. The third-order valence-electron chi connectivity index (χ3n) is 7.24. The maximum absolute atomic E-state index is 5.12. The Morgan fingerprint density at radius 2 is 1.24 bits per heavy atom. The highest BCUT2D eigenvalue weighted by Crippen LogP contribution is 2.33. The SMILES string of the molecule is c1ccc2nc3c4c5c(cc3nc2c1)-n1cnc2cccc(c21)B5c1cccc2ncn-4c12. The molecule has 0 N–H and O–H groups in total. The Hall–Kier alpha value is -4.52. The van der Waals surface area contributed by atoms with Crippen molar-refractivity contribution in [1.29, 1.82) is 0 Å². The van der Waals surface area contributed by atoms with E-state index in [0.717, 1.165) is 50.0 Å². The lowest BCUT2D eigenvalue weighted by Crippen LogP contribution is -2.59. The van der Waals surface area contributed by atoms with Crippen molar-refractivity contribution < 1.29 is 0 Å². The predicted molar refractivity (Wildman–Crippen MR) is 131 cm³/mol. The van der Waals surface area contributed by atoms with Crippen LogP contribution in [0.25, 0.3) is 55.5 Å². The van der Waals surface area contributed by atoms with E-state index in [9.17, 15) is 0 Å². The van der Waals surface area contributed by atoms with Crippen molar-refractivity contribution in [3.8, 4) is 11.4 Å². The van der Waals surface area contributed by atoms with Crippen molar-refractivity contribution in [1.82, 2.24) is 29.1 Å². The van der Waals surface area contributed by atoms with Gasteiger partial charge in [0.1, 0.15) is 18.2 Å². The Bertz CT molecular complexity index is 2000. The molecule has 0 bridgehead atoms. The zero-order valence-electron chi connectivity index (χ0n) is 17.3. The van der Waals surface area contributed by atoms with E-state index < -0.39 is 0 Å². The molecule has 4 aromatic carbocycles. The summed E-state index contributed by atoms with van der Waals surface area (Å²) in [5, 5.41) is 0. The van der Waals surface area contributed by atoms with E-state index in [-0.39, 0.29) is 6.71 Å². The lowest BCUT2D eigenvalue weighted by molar-refractivity contribution is 1.07. The highest BCUT2D eigenvalue weighted by molar-refractivity contribution is 7.00. The molecule has 0 unspecified atom stereocenters. The molecule has 0 fully saturated rings. The third kappa shape index (κ3) is 1.77. The largest absolute Gasteiger partial charge is 0.300 e. The quantitative estimate of drug-likeness (QED) is 0.280. The van der Waals surface area contributed by atoms with Gasteiger partial charge in [-0.1, -0.05) is 36.4 Å². The number of para-hydroxylation sites is 4. The molecule has 3 aromatic heterocycles. The van der Waals surface area contributed by atoms with Gasteiger partial charge in [-0.2, -0.15) is 0 Å². The Balaban J connectivity index is 1.59. The van der Waals surface area contributed by atoms with Crippen LogP contribution in [-0.2, 0) is 0 Å². The van der Waals surface area contributed by atoms with Gasteiger partial charge >= 0.3 is 0 Å². The van der Waals surface area contributed by atoms with Gasteiger partial charge in [-0.3, -0.25) is 9.13 Å². The predicted octanol–water partition coefficient (Wildman–Crippen LogP) is 2.60. The maximum Gasteiger partial charge on any atom is 0.252 e. The average molecular weight is 420 g/mol. The van der Waals surface area contributed by atoms with Gasteiger partial charge in [-0.15, -0.1) is 0 Å². The molecule has 0 atom stereocenters. The maximum atomic E-state index is 5.12. The van der Waals surface area contributed by atoms with Crippen molar-refractivity contribution in [2.75, 3.05) is 0 Å². The molecular formula is C26H13BN6. The second-order valence-electron chi connectivity index (χ2n) is 8.83. The molecule has 33 heavy (non-hydrogen) atoms. The van der Waals surface area contributed by atoms with Gasteiger partial charge < -0.3 is 0 Å². The van der Waals surface area contributed by atoms with Crippen molar-refractivity contribution in [3.05, 3.63) is 79.4 Å². The van der Waals surface area contributed by atoms with Crippen LogP contribution < -0.4 is 16.4 Å². The summed E-state index contributed by atoms with van der Waals surface area (Å²) in [7, 11) is 0. The van der Waals surface area contributed by atoms with Crippen LogP contribution in [0.15, 0.2) is 79.4 Å². The molecule has 7 aromatic rings. The minimum absolute atomic E-state index is 0.0912. The van der Waals surface area contributed by atoms with Gasteiger partial charge in [0, 0.05) is 5.69 Å². The van der Waals surface area contributed by atoms with E-state index in [1.54, 1.807) is 0 Å². The lowest BCUT2D eigenvalue weighted by Gasteiger charge is -2.32. The van der Waals surface area contributed by atoms with Crippen LogP contribution >= 0.6 is 0 Å². The van der Waals surface area contributed by atoms with Gasteiger partial charge in [0.05, 0.1) is 44.3 Å². The summed E-state index contributed by atoms with van der Waals surface area (Å²) in [5.74, 6) is 0. The van der Waals surface area contributed by atoms with E-state index >= 15 is 0 Å². The first-order valence-electron chi connectivity index (χ1n) is 11.0. The summed E-state index contributed by atoms with van der Waals surface area (Å²) in [6.45, 7) is 0.0912. The number of hydrogen-bond donors (Lipinski definition) is 0. The molecule has 0 amide bonds. The Morgan fingerprint density at radius 3 is 2.00 bits per heavy atom. The third-order valence-corrected chi connectivity index (χ3v) is 7.24. The molecule has 5 heterocycles. The normalized spacial score (nSPS) is 13.4. The number of nitrogens with zero attached hydrogens (tertiary/aromatic N) is 6. The summed E-state index contributed by atoms with van der Waals surface area (Å²) in [4.78, 5) is 19.6. The monoisotopic (exact) mass is 420 g/mol. The van der Waals surface area contributed by atoms with E-state index in [1.807, 2.05) is 36.9 Å². The minimum atomic E-state index is 0.0912. The molecule has 0 saturated heterocycles. The highest BCUT2D eigenvalue weighted by atomic mass is 15.1. The zero-order chi connectivity index (χ0) is 21.3. The fraction of sp³-hybridized carbons (Fsp3) is 0. The van der Waals surface area contributed by atoms with E-state index in [4.69, 9.17) is 19.9 Å². The van der Waals surface area contributed by atoms with Gasteiger partial charge in [0.15, 0.2) is 0 Å². The number of benzene rings is 4. The van der Waals surface area contributed by atoms with Crippen LogP contribution in [0.5, 0.6) is 0 Å². The van der Waals surface area contributed by atoms with Crippen molar-refractivity contribution in [2.24, 2.45) is 0 Å². The summed E-state index contributed by atoms with van der Waals surface area (Å²) in [6.07, 6.45) is 3.87. The smallest absolute Gasteiger partial charge is 0.252 e. The summed E-state index contributed by atoms with van der Waals surface area (Å²) in [5.41, 5.74) is 13.9. The van der Waals surface area contributed by atoms with Gasteiger partial charge in [0.25, 0.3) is 6.71 Å². The molecule has 2 aliphatic heterocycles. The first-order valence-corrected chi connectivity index (χ1v) is 11.0. The molecule has 150 valence electrons. The summed E-state index contributed by atoms with van der Waals surface area (Å²) >= 11 is 0. The molecule has 0 spiro atoms. The standard InChI is InChI=1S/C26H13BN6/c1-2-8-17-16(7-1)30-20-11-21-22-26(23(20)31-17)33-13-29-19-10-4-6-15(25(19)33)27(22)14-5-3-9-18-24(14)32(21)12-28-18/h1-13H. The molecule has 0 radical (unpaired) electrons. The first-order chi connectivity index (χ1) is 16.4. The van der Waals surface area contributed by atoms with Gasteiger partial charge in [-0.05, 0) is 46.7 Å². The number of fused-ring (bicyclic) bond motifs is 7. The Kier molecular flexibility index (Phi) is 2.58. The Morgan fingerprint density at radius 1 is 0.606 bits per heavy atom. The topological polar surface area (TPSA) is 61.4 Å². The molecular weight excluding hydrogens is 407 g/mol. The number of hydrogen-bond acceptors (Lipinski definition) is 4. The van der Waals surface area contributed by atoms with Crippen molar-refractivity contribution in [2.45, 2.75) is 0 Å². The molecule has 9 rings (SSSR count). The van der Waals surface area contributed by atoms with Crippen molar-refractivity contribution in [3.63, 3.8) is 0 Å². The van der Waals surface area contributed by atoms with E-state index in [2.05, 4.69) is 51.6 Å². The van der Waals surface area contributed by atoms with Crippen LogP contribution in [0.4, 0.5) is 0 Å². The van der Waals surface area contributed by atoms with Crippen LogP contribution in [0, 0.1) is 0 Å². The molecule has 7 heteroatoms. The number of aromatic nitrogens is 6. The fourth-order valence-corrected chi connectivity index (χ4v) is 5.96. The molecule has 0 aliphatic carbocycles. The van der Waals surface area contributed by atoms with Gasteiger partial charge in [-0.25, -0.2) is 19.9 Å². The number of rotatable bonds is 0.